The van der Waals surface area contributed by atoms with Crippen LogP contribution in [0.1, 0.15) is 10.4 Å². The van der Waals surface area contributed by atoms with E-state index in [-0.39, 0.29) is 5.91 Å². The summed E-state index contributed by atoms with van der Waals surface area (Å²) in [6.07, 6.45) is 0. The van der Waals surface area contributed by atoms with Crippen LogP contribution in [0.25, 0.3) is 22.6 Å². The second-order valence-corrected chi connectivity index (χ2v) is 6.94. The van der Waals surface area contributed by atoms with Gasteiger partial charge in [-0.15, -0.1) is 0 Å². The molecule has 0 fully saturated rings. The maximum Gasteiger partial charge on any atom is 0.255 e. The number of fused-ring (bicyclic) bond motifs is 1. The first-order valence-electron chi connectivity index (χ1n) is 7.82. The van der Waals surface area contributed by atoms with Crippen LogP contribution in [0.4, 0.5) is 5.69 Å². The molecule has 1 aromatic heterocycles. The summed E-state index contributed by atoms with van der Waals surface area (Å²) in [6, 6.07) is 19.9. The van der Waals surface area contributed by atoms with Crippen molar-refractivity contribution in [2.24, 2.45) is 0 Å². The van der Waals surface area contributed by atoms with Crippen molar-refractivity contribution in [3.8, 4) is 11.5 Å². The smallest absolute Gasteiger partial charge is 0.255 e. The van der Waals surface area contributed by atoms with Crippen molar-refractivity contribution in [2.75, 3.05) is 5.32 Å². The molecular weight excluding hydrogens is 416 g/mol. The van der Waals surface area contributed by atoms with Crippen molar-refractivity contribution < 1.29 is 9.21 Å². The maximum absolute atomic E-state index is 12.4. The van der Waals surface area contributed by atoms with Gasteiger partial charge in [-0.25, -0.2) is 4.98 Å². The fourth-order valence-corrected chi connectivity index (χ4v) is 3.23. The fourth-order valence-electron chi connectivity index (χ4n) is 2.59. The lowest BCUT2D eigenvalue weighted by Crippen LogP contribution is -2.11. The number of benzene rings is 3. The highest BCUT2D eigenvalue weighted by Crippen LogP contribution is 2.31. The van der Waals surface area contributed by atoms with E-state index in [2.05, 4.69) is 26.2 Å². The number of aromatic nitrogens is 1. The van der Waals surface area contributed by atoms with E-state index >= 15 is 0 Å². The Balaban J connectivity index is 1.64. The van der Waals surface area contributed by atoms with Gasteiger partial charge < -0.3 is 9.73 Å². The van der Waals surface area contributed by atoms with Crippen molar-refractivity contribution in [1.29, 1.82) is 0 Å². The number of carbonyl (C=O) groups is 1. The first-order chi connectivity index (χ1) is 12.6. The highest BCUT2D eigenvalue weighted by Gasteiger charge is 2.12. The Kier molecular flexibility index (Phi) is 4.49. The molecule has 0 spiro atoms. The number of oxazole rings is 1. The predicted octanol–water partition coefficient (Wildman–Crippen LogP) is 6.16. The highest BCUT2D eigenvalue weighted by atomic mass is 79.9. The zero-order valence-electron chi connectivity index (χ0n) is 13.4. The Bertz CT molecular complexity index is 1120. The lowest BCUT2D eigenvalue weighted by atomic mass is 10.2. The van der Waals surface area contributed by atoms with Gasteiger partial charge in [0.2, 0.25) is 5.89 Å². The molecule has 0 atom stereocenters. The third kappa shape index (κ3) is 3.36. The van der Waals surface area contributed by atoms with Gasteiger partial charge in [-0.1, -0.05) is 29.8 Å². The molecule has 0 aliphatic rings. The number of amides is 1. The summed E-state index contributed by atoms with van der Waals surface area (Å²) in [5.41, 5.74) is 3.31. The van der Waals surface area contributed by atoms with E-state index in [1.54, 1.807) is 42.5 Å². The zero-order valence-corrected chi connectivity index (χ0v) is 15.7. The molecule has 4 aromatic rings. The molecule has 4 nitrogen and oxygen atoms in total. The number of halogens is 2. The van der Waals surface area contributed by atoms with E-state index in [9.17, 15) is 4.79 Å². The van der Waals surface area contributed by atoms with Crippen LogP contribution < -0.4 is 5.32 Å². The van der Waals surface area contributed by atoms with Crippen molar-refractivity contribution >= 4 is 50.2 Å². The van der Waals surface area contributed by atoms with Gasteiger partial charge in [-0.3, -0.25) is 4.79 Å². The molecule has 1 N–H and O–H groups in total. The minimum absolute atomic E-state index is 0.235. The summed E-state index contributed by atoms with van der Waals surface area (Å²) in [7, 11) is 0. The number of carbonyl (C=O) groups excluding carboxylic acids is 1. The third-order valence-electron chi connectivity index (χ3n) is 3.84. The maximum atomic E-state index is 12.4. The molecule has 3 aromatic carbocycles. The molecule has 6 heteroatoms. The van der Waals surface area contributed by atoms with Crippen LogP contribution in [-0.2, 0) is 0 Å². The van der Waals surface area contributed by atoms with Gasteiger partial charge in [0.1, 0.15) is 5.52 Å². The average Bonchev–Trinajstić information content (AvgIpc) is 3.05. The molecule has 26 heavy (non-hydrogen) atoms. The molecule has 1 amide bonds. The monoisotopic (exact) mass is 426 g/mol. The molecule has 128 valence electrons. The first kappa shape index (κ1) is 16.8. The summed E-state index contributed by atoms with van der Waals surface area (Å²) in [5, 5.41) is 3.37. The molecule has 0 radical (unpaired) electrons. The third-order valence-corrected chi connectivity index (χ3v) is 4.76. The van der Waals surface area contributed by atoms with Crippen LogP contribution >= 0.6 is 27.5 Å². The van der Waals surface area contributed by atoms with E-state index in [1.165, 1.54) is 0 Å². The Morgan fingerprint density at radius 2 is 1.88 bits per heavy atom. The molecule has 0 saturated heterocycles. The van der Waals surface area contributed by atoms with Crippen LogP contribution in [0.2, 0.25) is 5.02 Å². The van der Waals surface area contributed by atoms with Crippen LogP contribution in [0.3, 0.4) is 0 Å². The summed E-state index contributed by atoms with van der Waals surface area (Å²) >= 11 is 9.44. The number of anilines is 1. The van der Waals surface area contributed by atoms with E-state index < -0.39 is 0 Å². The van der Waals surface area contributed by atoms with Crippen LogP contribution in [0.15, 0.2) is 75.6 Å². The van der Waals surface area contributed by atoms with Crippen molar-refractivity contribution in [3.63, 3.8) is 0 Å². The molecule has 0 unspecified atom stereocenters. The predicted molar refractivity (Wildman–Crippen MR) is 107 cm³/mol. The Hall–Kier alpha value is -2.63. The van der Waals surface area contributed by atoms with Crippen molar-refractivity contribution in [3.05, 3.63) is 81.8 Å². The minimum Gasteiger partial charge on any atom is -0.436 e. The summed E-state index contributed by atoms with van der Waals surface area (Å²) in [6.45, 7) is 0. The van der Waals surface area contributed by atoms with E-state index in [4.69, 9.17) is 16.0 Å². The standard InChI is InChI=1S/C20H12BrClN2O2/c21-16-7-2-1-6-15(16)20-24-17-11-14(8-9-18(17)26-20)23-19(25)12-4-3-5-13(22)10-12/h1-11H,(H,23,25). The molecule has 0 aliphatic heterocycles. The summed E-state index contributed by atoms with van der Waals surface area (Å²) in [5.74, 6) is 0.284. The number of hydrogen-bond donors (Lipinski definition) is 1. The van der Waals surface area contributed by atoms with Gasteiger partial charge in [0.05, 0.1) is 5.56 Å². The fraction of sp³-hybridized carbons (Fsp3) is 0. The molecule has 1 heterocycles. The molecule has 0 aliphatic carbocycles. The highest BCUT2D eigenvalue weighted by molar-refractivity contribution is 9.10. The minimum atomic E-state index is -0.235. The number of rotatable bonds is 3. The second-order valence-electron chi connectivity index (χ2n) is 5.65. The van der Waals surface area contributed by atoms with Crippen LogP contribution in [-0.4, -0.2) is 10.9 Å². The van der Waals surface area contributed by atoms with E-state index in [0.29, 0.717) is 33.3 Å². The number of nitrogens with one attached hydrogen (secondary N) is 1. The quantitative estimate of drug-likeness (QED) is 0.426. The van der Waals surface area contributed by atoms with Crippen molar-refractivity contribution in [2.45, 2.75) is 0 Å². The Labute approximate surface area is 162 Å². The van der Waals surface area contributed by atoms with Crippen LogP contribution in [0.5, 0.6) is 0 Å². The van der Waals surface area contributed by atoms with Gasteiger partial charge in [0.15, 0.2) is 5.58 Å². The number of hydrogen-bond acceptors (Lipinski definition) is 3. The van der Waals surface area contributed by atoms with Gasteiger partial charge in [-0.05, 0) is 64.5 Å². The normalized spacial score (nSPS) is 10.8. The average molecular weight is 428 g/mol. The lowest BCUT2D eigenvalue weighted by Gasteiger charge is -2.05. The topological polar surface area (TPSA) is 55.1 Å². The Morgan fingerprint density at radius 1 is 1.04 bits per heavy atom. The Morgan fingerprint density at radius 3 is 2.69 bits per heavy atom. The summed E-state index contributed by atoms with van der Waals surface area (Å²) in [4.78, 5) is 16.9. The van der Waals surface area contributed by atoms with Crippen LogP contribution in [0, 0.1) is 0 Å². The van der Waals surface area contributed by atoms with Gasteiger partial charge in [0.25, 0.3) is 5.91 Å². The zero-order chi connectivity index (χ0) is 18.1. The molecule has 0 bridgehead atoms. The number of nitrogens with zero attached hydrogens (tertiary/aromatic N) is 1. The second kappa shape index (κ2) is 6.94. The first-order valence-corrected chi connectivity index (χ1v) is 9.00. The van der Waals surface area contributed by atoms with E-state index in [1.807, 2.05) is 24.3 Å². The molecule has 0 saturated carbocycles. The van der Waals surface area contributed by atoms with Crippen molar-refractivity contribution in [1.82, 2.24) is 4.98 Å². The van der Waals surface area contributed by atoms with Gasteiger partial charge in [0, 0.05) is 20.7 Å². The largest absolute Gasteiger partial charge is 0.436 e. The lowest BCUT2D eigenvalue weighted by molar-refractivity contribution is 0.102. The van der Waals surface area contributed by atoms with Gasteiger partial charge in [-0.2, -0.15) is 0 Å². The summed E-state index contributed by atoms with van der Waals surface area (Å²) < 4.78 is 6.73. The van der Waals surface area contributed by atoms with Gasteiger partial charge >= 0.3 is 0 Å². The molecule has 4 rings (SSSR count). The van der Waals surface area contributed by atoms with E-state index in [0.717, 1.165) is 10.0 Å². The SMILES string of the molecule is O=C(Nc1ccc2oc(-c3ccccc3Br)nc2c1)c1cccc(Cl)c1. The molecular formula is C20H12BrClN2O2.